The van der Waals surface area contributed by atoms with Crippen molar-refractivity contribution in [3.63, 3.8) is 0 Å². The molecule has 0 bridgehead atoms. The van der Waals surface area contributed by atoms with Crippen LogP contribution in [0.2, 0.25) is 0 Å². The molecule has 0 heteroatoms. The third kappa shape index (κ3) is 3.94. The van der Waals surface area contributed by atoms with E-state index in [1.165, 1.54) is 38.2 Å². The van der Waals surface area contributed by atoms with Crippen LogP contribution in [0.15, 0.2) is 136 Å². The van der Waals surface area contributed by atoms with E-state index in [4.69, 9.17) is 0 Å². The summed E-state index contributed by atoms with van der Waals surface area (Å²) in [6.45, 7) is 16.6. The van der Waals surface area contributed by atoms with E-state index in [0.29, 0.717) is 0 Å². The molecular weight excluding hydrogens is 480 g/mol. The van der Waals surface area contributed by atoms with Gasteiger partial charge in [-0.3, -0.25) is 0 Å². The van der Waals surface area contributed by atoms with Gasteiger partial charge in [-0.25, -0.2) is 0 Å². The van der Waals surface area contributed by atoms with Crippen molar-refractivity contribution >= 4 is 45.8 Å². The smallest absolute Gasteiger partial charge is 0.00201 e. The van der Waals surface area contributed by atoms with Gasteiger partial charge in [-0.05, 0) is 77.2 Å². The SMILES string of the molecule is C=Cc1cccc(-c2ccc(-c3c4ccccc4c(-c4ccccc4)c4ccccc34)c(C=C)c2C=C)c1C=C. The minimum Gasteiger partial charge on any atom is -0.0984 e. The normalized spacial score (nSPS) is 10.9. The first-order chi connectivity index (χ1) is 19.7. The molecule has 0 unspecified atom stereocenters. The molecule has 0 radical (unpaired) electrons. The molecule has 0 spiro atoms. The molecule has 0 aliphatic heterocycles. The molecule has 0 amide bonds. The van der Waals surface area contributed by atoms with Gasteiger partial charge < -0.3 is 0 Å². The molecule has 0 aromatic heterocycles. The first-order valence-electron chi connectivity index (χ1n) is 13.5. The monoisotopic (exact) mass is 510 g/mol. The van der Waals surface area contributed by atoms with Crippen LogP contribution in [-0.2, 0) is 0 Å². The Balaban J connectivity index is 1.73. The Morgan fingerprint density at radius 3 is 1.38 bits per heavy atom. The largest absolute Gasteiger partial charge is 0.0984 e. The predicted octanol–water partition coefficient (Wildman–Crippen LogP) is 11.6. The number of benzene rings is 6. The maximum atomic E-state index is 4.28. The highest BCUT2D eigenvalue weighted by atomic mass is 14.2. The number of hydrogen-bond donors (Lipinski definition) is 0. The highest BCUT2D eigenvalue weighted by molar-refractivity contribution is 6.22. The van der Waals surface area contributed by atoms with Gasteiger partial charge in [-0.1, -0.05) is 160 Å². The summed E-state index contributed by atoms with van der Waals surface area (Å²) in [4.78, 5) is 0. The molecule has 6 aromatic carbocycles. The fourth-order valence-corrected chi connectivity index (χ4v) is 6.09. The van der Waals surface area contributed by atoms with E-state index in [0.717, 1.165) is 38.9 Å². The fraction of sp³-hybridized carbons (Fsp3) is 0. The molecule has 6 rings (SSSR count). The third-order valence-corrected chi connectivity index (χ3v) is 7.81. The maximum Gasteiger partial charge on any atom is -0.00201 e. The van der Waals surface area contributed by atoms with Gasteiger partial charge in [-0.2, -0.15) is 0 Å². The second kappa shape index (κ2) is 10.5. The molecule has 190 valence electrons. The summed E-state index contributed by atoms with van der Waals surface area (Å²) in [6, 6.07) is 38.9. The fourth-order valence-electron chi connectivity index (χ4n) is 6.09. The van der Waals surface area contributed by atoms with E-state index >= 15 is 0 Å². The van der Waals surface area contributed by atoms with Crippen molar-refractivity contribution in [3.05, 3.63) is 158 Å². The first kappa shape index (κ1) is 25.1. The van der Waals surface area contributed by atoms with Gasteiger partial charge in [0.25, 0.3) is 0 Å². The van der Waals surface area contributed by atoms with Gasteiger partial charge in [0.1, 0.15) is 0 Å². The van der Waals surface area contributed by atoms with E-state index < -0.39 is 0 Å². The average molecular weight is 511 g/mol. The van der Waals surface area contributed by atoms with Gasteiger partial charge in [-0.15, -0.1) is 0 Å². The third-order valence-electron chi connectivity index (χ3n) is 7.81. The van der Waals surface area contributed by atoms with E-state index in [1.807, 2.05) is 24.3 Å². The number of rotatable bonds is 7. The summed E-state index contributed by atoms with van der Waals surface area (Å²) in [6.07, 6.45) is 7.70. The molecule has 0 fully saturated rings. The van der Waals surface area contributed by atoms with Gasteiger partial charge in [0.2, 0.25) is 0 Å². The Bertz CT molecular complexity index is 1890. The van der Waals surface area contributed by atoms with E-state index in [2.05, 4.69) is 136 Å². The van der Waals surface area contributed by atoms with Crippen molar-refractivity contribution in [3.8, 4) is 33.4 Å². The summed E-state index contributed by atoms with van der Waals surface area (Å²) in [5.74, 6) is 0. The van der Waals surface area contributed by atoms with Crippen LogP contribution in [-0.4, -0.2) is 0 Å². The zero-order valence-electron chi connectivity index (χ0n) is 22.5. The van der Waals surface area contributed by atoms with Crippen molar-refractivity contribution < 1.29 is 0 Å². The Hall–Kier alpha value is -5.20. The average Bonchev–Trinajstić information content (AvgIpc) is 3.02. The summed E-state index contributed by atoms with van der Waals surface area (Å²) in [5.41, 5.74) is 11.3. The standard InChI is InChI=1S/C40H30/c1-5-27-19-16-24-32(29(27)6-2)33-25-26-38(31(8-4)30(33)7-3)40-36-22-14-12-20-34(36)39(28-17-10-9-11-18-28)35-21-13-15-23-37(35)40/h5-26H,1-4H2. The van der Waals surface area contributed by atoms with E-state index in [-0.39, 0.29) is 0 Å². The molecule has 0 saturated heterocycles. The number of hydrogen-bond acceptors (Lipinski definition) is 0. The highest BCUT2D eigenvalue weighted by Gasteiger charge is 2.20. The molecule has 0 nitrogen and oxygen atoms in total. The summed E-state index contributed by atoms with van der Waals surface area (Å²) >= 11 is 0. The first-order valence-corrected chi connectivity index (χ1v) is 13.5. The van der Waals surface area contributed by atoms with Crippen LogP contribution in [0.3, 0.4) is 0 Å². The number of fused-ring (bicyclic) bond motifs is 2. The van der Waals surface area contributed by atoms with Crippen molar-refractivity contribution in [2.24, 2.45) is 0 Å². The lowest BCUT2D eigenvalue weighted by Gasteiger charge is -2.21. The van der Waals surface area contributed by atoms with E-state index in [1.54, 1.807) is 0 Å². The van der Waals surface area contributed by atoms with Crippen LogP contribution in [0.5, 0.6) is 0 Å². The molecule has 0 atom stereocenters. The van der Waals surface area contributed by atoms with E-state index in [9.17, 15) is 0 Å². The van der Waals surface area contributed by atoms with Crippen LogP contribution >= 0.6 is 0 Å². The zero-order chi connectivity index (χ0) is 27.6. The lowest BCUT2D eigenvalue weighted by atomic mass is 9.82. The van der Waals surface area contributed by atoms with Crippen molar-refractivity contribution in [1.82, 2.24) is 0 Å². The van der Waals surface area contributed by atoms with Crippen LogP contribution in [0, 0.1) is 0 Å². The lowest BCUT2D eigenvalue weighted by Crippen LogP contribution is -1.97. The Kier molecular flexibility index (Phi) is 6.60. The van der Waals surface area contributed by atoms with Gasteiger partial charge in [0, 0.05) is 0 Å². The quantitative estimate of drug-likeness (QED) is 0.187. The molecule has 0 N–H and O–H groups in total. The minimum absolute atomic E-state index is 1.05. The molecule has 0 heterocycles. The summed E-state index contributed by atoms with van der Waals surface area (Å²) in [7, 11) is 0. The van der Waals surface area contributed by atoms with Crippen LogP contribution < -0.4 is 0 Å². The highest BCUT2D eigenvalue weighted by Crippen LogP contribution is 2.46. The van der Waals surface area contributed by atoms with Crippen molar-refractivity contribution in [2.45, 2.75) is 0 Å². The minimum atomic E-state index is 1.05. The second-order valence-corrected chi connectivity index (χ2v) is 9.82. The molecule has 0 saturated carbocycles. The molecule has 0 aliphatic rings. The summed E-state index contributed by atoms with van der Waals surface area (Å²) in [5, 5.41) is 4.89. The second-order valence-electron chi connectivity index (χ2n) is 9.82. The Morgan fingerprint density at radius 1 is 0.350 bits per heavy atom. The molecule has 0 aliphatic carbocycles. The zero-order valence-corrected chi connectivity index (χ0v) is 22.5. The lowest BCUT2D eigenvalue weighted by molar-refractivity contribution is 1.53. The molecule has 6 aromatic rings. The Labute approximate surface area is 236 Å². The van der Waals surface area contributed by atoms with Crippen molar-refractivity contribution in [2.75, 3.05) is 0 Å². The maximum absolute atomic E-state index is 4.28. The topological polar surface area (TPSA) is 0 Å². The van der Waals surface area contributed by atoms with Crippen LogP contribution in [0.1, 0.15) is 22.3 Å². The molecule has 40 heavy (non-hydrogen) atoms. The summed E-state index contributed by atoms with van der Waals surface area (Å²) < 4.78 is 0. The van der Waals surface area contributed by atoms with Gasteiger partial charge in [0.15, 0.2) is 0 Å². The Morgan fingerprint density at radius 2 is 0.825 bits per heavy atom. The van der Waals surface area contributed by atoms with Gasteiger partial charge >= 0.3 is 0 Å². The van der Waals surface area contributed by atoms with Gasteiger partial charge in [0.05, 0.1) is 0 Å². The van der Waals surface area contributed by atoms with Crippen molar-refractivity contribution in [1.29, 1.82) is 0 Å². The van der Waals surface area contributed by atoms with Crippen LogP contribution in [0.25, 0.3) is 79.2 Å². The molecular formula is C40H30. The predicted molar refractivity (Wildman–Crippen MR) is 178 cm³/mol. The van der Waals surface area contributed by atoms with Crippen LogP contribution in [0.4, 0.5) is 0 Å².